The van der Waals surface area contributed by atoms with E-state index in [1.54, 1.807) is 4.90 Å². The molecule has 5 heteroatoms. The normalized spacial score (nSPS) is 35.1. The monoisotopic (exact) mass is 268 g/mol. The first-order valence-electron chi connectivity index (χ1n) is 7.05. The van der Waals surface area contributed by atoms with Crippen LogP contribution in [0.2, 0.25) is 0 Å². The molecule has 2 atom stereocenters. The van der Waals surface area contributed by atoms with E-state index >= 15 is 0 Å². The zero-order valence-corrected chi connectivity index (χ0v) is 12.0. The molecule has 0 aromatic rings. The highest BCUT2D eigenvalue weighted by Crippen LogP contribution is 2.40. The van der Waals surface area contributed by atoms with Crippen LogP contribution in [-0.2, 0) is 9.59 Å². The Bertz CT molecular complexity index is 388. The van der Waals surface area contributed by atoms with Crippen molar-refractivity contribution in [2.75, 3.05) is 26.2 Å². The van der Waals surface area contributed by atoms with Crippen molar-refractivity contribution in [3.8, 4) is 0 Å². The number of hydrogen-bond acceptors (Lipinski definition) is 3. The van der Waals surface area contributed by atoms with Gasteiger partial charge in [-0.3, -0.25) is 9.59 Å². The Morgan fingerprint density at radius 1 is 1.32 bits per heavy atom. The summed E-state index contributed by atoms with van der Waals surface area (Å²) >= 11 is 0. The van der Waals surface area contributed by atoms with Crippen molar-refractivity contribution in [2.45, 2.75) is 33.6 Å². The molecule has 0 aliphatic carbocycles. The lowest BCUT2D eigenvalue weighted by Crippen LogP contribution is -2.45. The zero-order chi connectivity index (χ0) is 14.3. The molecule has 0 saturated carbocycles. The average molecular weight is 268 g/mol. The van der Waals surface area contributed by atoms with Crippen LogP contribution in [0.5, 0.6) is 0 Å². The lowest BCUT2D eigenvalue weighted by Gasteiger charge is -2.31. The number of carboxylic acid groups (broad SMARTS) is 1. The van der Waals surface area contributed by atoms with Crippen LogP contribution in [0.25, 0.3) is 0 Å². The number of nitrogens with one attached hydrogen (secondary N) is 1. The van der Waals surface area contributed by atoms with Crippen molar-refractivity contribution >= 4 is 11.9 Å². The molecule has 0 aromatic carbocycles. The van der Waals surface area contributed by atoms with Crippen molar-refractivity contribution in [3.63, 3.8) is 0 Å². The molecule has 2 unspecified atom stereocenters. The fourth-order valence-electron chi connectivity index (χ4n) is 3.28. The predicted molar refractivity (Wildman–Crippen MR) is 71.7 cm³/mol. The topological polar surface area (TPSA) is 69.6 Å². The van der Waals surface area contributed by atoms with Gasteiger partial charge in [-0.1, -0.05) is 13.8 Å². The van der Waals surface area contributed by atoms with Crippen LogP contribution in [0.4, 0.5) is 0 Å². The maximum Gasteiger partial charge on any atom is 0.311 e. The molecule has 2 saturated heterocycles. The number of aliphatic carboxylic acids is 1. The molecular formula is C14H24N2O3. The predicted octanol–water partition coefficient (Wildman–Crippen LogP) is 0.945. The quantitative estimate of drug-likeness (QED) is 0.799. The summed E-state index contributed by atoms with van der Waals surface area (Å²) in [6, 6.07) is 0. The number of amides is 1. The number of hydrogen-bond donors (Lipinski definition) is 2. The Hall–Kier alpha value is -1.10. The van der Waals surface area contributed by atoms with Crippen molar-refractivity contribution in [3.05, 3.63) is 0 Å². The molecular weight excluding hydrogens is 244 g/mol. The third-order valence-electron chi connectivity index (χ3n) is 5.00. The second-order valence-corrected chi connectivity index (χ2v) is 6.58. The first kappa shape index (κ1) is 14.3. The number of carbonyl (C=O) groups excluding carboxylic acids is 1. The lowest BCUT2D eigenvalue weighted by molar-refractivity contribution is -0.151. The third-order valence-corrected chi connectivity index (χ3v) is 5.00. The van der Waals surface area contributed by atoms with Gasteiger partial charge in [0.25, 0.3) is 0 Å². The molecule has 5 nitrogen and oxygen atoms in total. The van der Waals surface area contributed by atoms with Gasteiger partial charge >= 0.3 is 5.97 Å². The van der Waals surface area contributed by atoms with E-state index in [1.807, 2.05) is 20.8 Å². The third kappa shape index (κ3) is 2.24. The minimum absolute atomic E-state index is 0.0392. The van der Waals surface area contributed by atoms with Crippen molar-refractivity contribution < 1.29 is 14.7 Å². The SMILES string of the molecule is CC(C)C1(C(=O)O)CCN(C(=O)C2(C)CCNC2)C1. The maximum absolute atomic E-state index is 12.6. The van der Waals surface area contributed by atoms with E-state index < -0.39 is 11.4 Å². The minimum Gasteiger partial charge on any atom is -0.481 e. The van der Waals surface area contributed by atoms with E-state index in [1.165, 1.54) is 0 Å². The van der Waals surface area contributed by atoms with E-state index in [0.717, 1.165) is 13.0 Å². The summed E-state index contributed by atoms with van der Waals surface area (Å²) in [6.45, 7) is 8.33. The first-order valence-corrected chi connectivity index (χ1v) is 7.05. The van der Waals surface area contributed by atoms with E-state index in [2.05, 4.69) is 5.32 Å². The van der Waals surface area contributed by atoms with Crippen molar-refractivity contribution in [1.29, 1.82) is 0 Å². The van der Waals surface area contributed by atoms with E-state index in [4.69, 9.17) is 0 Å². The molecule has 2 aliphatic rings. The van der Waals surface area contributed by atoms with Crippen LogP contribution < -0.4 is 5.32 Å². The molecule has 0 radical (unpaired) electrons. The molecule has 19 heavy (non-hydrogen) atoms. The fourth-order valence-corrected chi connectivity index (χ4v) is 3.28. The lowest BCUT2D eigenvalue weighted by atomic mass is 9.76. The Morgan fingerprint density at radius 2 is 2.00 bits per heavy atom. The Labute approximate surface area is 114 Å². The summed E-state index contributed by atoms with van der Waals surface area (Å²) in [4.78, 5) is 25.9. The average Bonchev–Trinajstić information content (AvgIpc) is 2.95. The molecule has 1 amide bonds. The van der Waals surface area contributed by atoms with Gasteiger partial charge in [-0.05, 0) is 32.2 Å². The van der Waals surface area contributed by atoms with Gasteiger partial charge < -0.3 is 15.3 Å². The number of nitrogens with zero attached hydrogens (tertiary/aromatic N) is 1. The summed E-state index contributed by atoms with van der Waals surface area (Å²) in [5, 5.41) is 12.7. The van der Waals surface area contributed by atoms with Gasteiger partial charge in [-0.25, -0.2) is 0 Å². The van der Waals surface area contributed by atoms with Crippen LogP contribution >= 0.6 is 0 Å². The fraction of sp³-hybridized carbons (Fsp3) is 0.857. The van der Waals surface area contributed by atoms with Gasteiger partial charge in [0, 0.05) is 19.6 Å². The summed E-state index contributed by atoms with van der Waals surface area (Å²) in [6.07, 6.45) is 1.40. The number of rotatable bonds is 3. The second kappa shape index (κ2) is 4.78. The van der Waals surface area contributed by atoms with Gasteiger partial charge in [-0.2, -0.15) is 0 Å². The Morgan fingerprint density at radius 3 is 2.42 bits per heavy atom. The molecule has 0 spiro atoms. The minimum atomic E-state index is -0.771. The van der Waals surface area contributed by atoms with Crippen LogP contribution in [-0.4, -0.2) is 48.1 Å². The number of likely N-dealkylation sites (tertiary alicyclic amines) is 1. The molecule has 2 rings (SSSR count). The molecule has 2 aliphatic heterocycles. The first-order chi connectivity index (χ1) is 8.82. The Balaban J connectivity index is 2.13. The standard InChI is InChI=1S/C14H24N2O3/c1-10(2)14(12(18)19)5-7-16(9-14)11(17)13(3)4-6-15-8-13/h10,15H,4-9H2,1-3H3,(H,18,19). The molecule has 2 fully saturated rings. The van der Waals surface area contributed by atoms with Crippen molar-refractivity contribution in [2.24, 2.45) is 16.7 Å². The van der Waals surface area contributed by atoms with Gasteiger partial charge in [-0.15, -0.1) is 0 Å². The van der Waals surface area contributed by atoms with E-state index in [9.17, 15) is 14.7 Å². The van der Waals surface area contributed by atoms with Crippen LogP contribution in [0.3, 0.4) is 0 Å². The summed E-state index contributed by atoms with van der Waals surface area (Å²) < 4.78 is 0. The molecule has 108 valence electrons. The highest BCUT2D eigenvalue weighted by atomic mass is 16.4. The molecule has 0 aromatic heterocycles. The van der Waals surface area contributed by atoms with Crippen molar-refractivity contribution in [1.82, 2.24) is 10.2 Å². The maximum atomic E-state index is 12.6. The summed E-state index contributed by atoms with van der Waals surface area (Å²) in [7, 11) is 0. The van der Waals surface area contributed by atoms with Gasteiger partial charge in [0.15, 0.2) is 0 Å². The zero-order valence-electron chi connectivity index (χ0n) is 12.0. The number of carbonyl (C=O) groups is 2. The van der Waals surface area contributed by atoms with Crippen LogP contribution in [0.1, 0.15) is 33.6 Å². The Kier molecular flexibility index (Phi) is 3.60. The summed E-state index contributed by atoms with van der Waals surface area (Å²) in [5.74, 6) is -0.619. The molecule has 2 N–H and O–H groups in total. The van der Waals surface area contributed by atoms with Gasteiger partial charge in [0.1, 0.15) is 0 Å². The van der Waals surface area contributed by atoms with Gasteiger partial charge in [0.2, 0.25) is 5.91 Å². The summed E-state index contributed by atoms with van der Waals surface area (Å²) in [5.41, 5.74) is -1.12. The smallest absolute Gasteiger partial charge is 0.311 e. The van der Waals surface area contributed by atoms with Gasteiger partial charge in [0.05, 0.1) is 10.8 Å². The van der Waals surface area contributed by atoms with E-state index in [0.29, 0.717) is 26.1 Å². The highest BCUT2D eigenvalue weighted by molar-refractivity contribution is 5.85. The highest BCUT2D eigenvalue weighted by Gasteiger charge is 2.51. The van der Waals surface area contributed by atoms with Crippen LogP contribution in [0.15, 0.2) is 0 Å². The van der Waals surface area contributed by atoms with E-state index in [-0.39, 0.29) is 17.2 Å². The largest absolute Gasteiger partial charge is 0.481 e. The molecule has 0 bridgehead atoms. The second-order valence-electron chi connectivity index (χ2n) is 6.58. The van der Waals surface area contributed by atoms with Crippen LogP contribution in [0, 0.1) is 16.7 Å². The molecule has 2 heterocycles. The number of carboxylic acids is 1.